The highest BCUT2D eigenvalue weighted by Crippen LogP contribution is 2.43. The summed E-state index contributed by atoms with van der Waals surface area (Å²) in [5.74, 6) is -0.0415. The SMILES string of the molecule is CO[C@@]12CC[C@H](O)C[C@@H]1N(C(=O)c1cc(-c3ccccc3)nn1C)CC2. The highest BCUT2D eigenvalue weighted by Gasteiger charge is 2.52. The predicted molar refractivity (Wildman–Crippen MR) is 97.7 cm³/mol. The van der Waals surface area contributed by atoms with Crippen LogP contribution < -0.4 is 0 Å². The second-order valence-electron chi connectivity index (χ2n) is 7.37. The first-order chi connectivity index (χ1) is 12.5. The number of aliphatic hydroxyl groups is 1. The Morgan fingerprint density at radius 2 is 2.08 bits per heavy atom. The summed E-state index contributed by atoms with van der Waals surface area (Å²) in [5, 5.41) is 14.7. The van der Waals surface area contributed by atoms with E-state index in [9.17, 15) is 9.90 Å². The molecule has 1 aromatic heterocycles. The average Bonchev–Trinajstić information content (AvgIpc) is 3.23. The summed E-state index contributed by atoms with van der Waals surface area (Å²) in [6, 6.07) is 11.6. The number of rotatable bonds is 3. The molecule has 2 heterocycles. The standard InChI is InChI=1S/C20H25N3O3/c1-22-17(13-16(21-22)14-6-4-3-5-7-14)19(25)23-11-10-20(26-2)9-8-15(24)12-18(20)23/h3-7,13,15,18,24H,8-12H2,1-2H3/t15-,18-,20+/m0/s1. The number of hydrogen-bond acceptors (Lipinski definition) is 4. The molecule has 1 aromatic carbocycles. The van der Waals surface area contributed by atoms with Crippen molar-refractivity contribution >= 4 is 5.91 Å². The van der Waals surface area contributed by atoms with Gasteiger partial charge in [0.2, 0.25) is 0 Å². The molecule has 1 N–H and O–H groups in total. The second-order valence-corrected chi connectivity index (χ2v) is 7.37. The highest BCUT2D eigenvalue weighted by atomic mass is 16.5. The number of aromatic nitrogens is 2. The van der Waals surface area contributed by atoms with Crippen molar-refractivity contribution in [1.29, 1.82) is 0 Å². The molecule has 0 unspecified atom stereocenters. The summed E-state index contributed by atoms with van der Waals surface area (Å²) in [5.41, 5.74) is 2.02. The van der Waals surface area contributed by atoms with E-state index >= 15 is 0 Å². The van der Waals surface area contributed by atoms with E-state index < -0.39 is 0 Å². The lowest BCUT2D eigenvalue weighted by molar-refractivity contribution is -0.0825. The molecule has 1 aliphatic heterocycles. The van der Waals surface area contributed by atoms with Crippen LogP contribution in [0.3, 0.4) is 0 Å². The maximum atomic E-state index is 13.3. The molecule has 0 spiro atoms. The number of aryl methyl sites for hydroxylation is 1. The van der Waals surface area contributed by atoms with Crippen LogP contribution in [-0.2, 0) is 11.8 Å². The van der Waals surface area contributed by atoms with Gasteiger partial charge in [0.05, 0.1) is 23.4 Å². The maximum Gasteiger partial charge on any atom is 0.272 e. The number of amides is 1. The molecule has 1 saturated carbocycles. The molecule has 0 radical (unpaired) electrons. The molecule has 138 valence electrons. The van der Waals surface area contributed by atoms with Gasteiger partial charge in [-0.1, -0.05) is 30.3 Å². The second kappa shape index (κ2) is 6.52. The topological polar surface area (TPSA) is 67.6 Å². The van der Waals surface area contributed by atoms with Crippen molar-refractivity contribution in [2.24, 2.45) is 7.05 Å². The van der Waals surface area contributed by atoms with Gasteiger partial charge in [0.25, 0.3) is 5.91 Å². The lowest BCUT2D eigenvalue weighted by Gasteiger charge is -2.42. The molecule has 1 saturated heterocycles. The fourth-order valence-electron chi connectivity index (χ4n) is 4.48. The summed E-state index contributed by atoms with van der Waals surface area (Å²) in [6.45, 7) is 0.649. The Bertz CT molecular complexity index is 804. The minimum Gasteiger partial charge on any atom is -0.393 e. The zero-order valence-corrected chi connectivity index (χ0v) is 15.3. The number of hydrogen-bond donors (Lipinski definition) is 1. The van der Waals surface area contributed by atoms with Gasteiger partial charge < -0.3 is 14.7 Å². The Morgan fingerprint density at radius 1 is 1.31 bits per heavy atom. The van der Waals surface area contributed by atoms with Crippen molar-refractivity contribution in [3.05, 3.63) is 42.1 Å². The van der Waals surface area contributed by atoms with Crippen molar-refractivity contribution in [2.75, 3.05) is 13.7 Å². The number of benzene rings is 1. The van der Waals surface area contributed by atoms with E-state index in [4.69, 9.17) is 4.74 Å². The van der Waals surface area contributed by atoms with Crippen molar-refractivity contribution < 1.29 is 14.6 Å². The van der Waals surface area contributed by atoms with Crippen molar-refractivity contribution in [3.8, 4) is 11.3 Å². The van der Waals surface area contributed by atoms with Crippen LogP contribution in [0, 0.1) is 0 Å². The van der Waals surface area contributed by atoms with E-state index in [0.717, 1.165) is 30.5 Å². The summed E-state index contributed by atoms with van der Waals surface area (Å²) in [7, 11) is 3.52. The van der Waals surface area contributed by atoms with Crippen LogP contribution in [0.2, 0.25) is 0 Å². The van der Waals surface area contributed by atoms with Crippen LogP contribution >= 0.6 is 0 Å². The third kappa shape index (κ3) is 2.73. The first-order valence-corrected chi connectivity index (χ1v) is 9.18. The molecule has 3 atom stereocenters. The fraction of sp³-hybridized carbons (Fsp3) is 0.500. The van der Waals surface area contributed by atoms with E-state index in [1.165, 1.54) is 0 Å². The summed E-state index contributed by atoms with van der Waals surface area (Å²) in [6.07, 6.45) is 2.54. The summed E-state index contributed by atoms with van der Waals surface area (Å²) >= 11 is 0. The molecule has 2 aromatic rings. The monoisotopic (exact) mass is 355 g/mol. The Balaban J connectivity index is 1.63. The third-order valence-electron chi connectivity index (χ3n) is 5.99. The van der Waals surface area contributed by atoms with Crippen LogP contribution in [0.4, 0.5) is 0 Å². The Hall–Kier alpha value is -2.18. The minimum absolute atomic E-state index is 0.0415. The number of ether oxygens (including phenoxy) is 1. The third-order valence-corrected chi connectivity index (χ3v) is 5.99. The van der Waals surface area contributed by atoms with Crippen molar-refractivity contribution in [1.82, 2.24) is 14.7 Å². The molecule has 6 nitrogen and oxygen atoms in total. The van der Waals surface area contributed by atoms with Crippen molar-refractivity contribution in [3.63, 3.8) is 0 Å². The molecule has 2 aliphatic rings. The number of aliphatic hydroxyl groups excluding tert-OH is 1. The lowest BCUT2D eigenvalue weighted by Crippen LogP contribution is -2.53. The number of carbonyl (C=O) groups excluding carboxylic acids is 1. The largest absolute Gasteiger partial charge is 0.393 e. The molecule has 2 fully saturated rings. The minimum atomic E-state index is -0.372. The predicted octanol–water partition coefficient (Wildman–Crippen LogP) is 2.23. The number of nitrogens with zero attached hydrogens (tertiary/aromatic N) is 3. The number of likely N-dealkylation sites (tertiary alicyclic amines) is 1. The number of carbonyl (C=O) groups is 1. The smallest absolute Gasteiger partial charge is 0.272 e. The van der Waals surface area contributed by atoms with E-state index in [1.54, 1.807) is 18.8 Å². The van der Waals surface area contributed by atoms with E-state index in [0.29, 0.717) is 18.7 Å². The van der Waals surface area contributed by atoms with Crippen LogP contribution in [0.1, 0.15) is 36.2 Å². The quantitative estimate of drug-likeness (QED) is 0.917. The van der Waals surface area contributed by atoms with Gasteiger partial charge in [0, 0.05) is 26.3 Å². The number of methoxy groups -OCH3 is 1. The van der Waals surface area contributed by atoms with Crippen LogP contribution in [-0.4, -0.2) is 57.1 Å². The van der Waals surface area contributed by atoms with Gasteiger partial charge in [-0.3, -0.25) is 9.48 Å². The van der Waals surface area contributed by atoms with Gasteiger partial charge in [-0.15, -0.1) is 0 Å². The highest BCUT2D eigenvalue weighted by molar-refractivity contribution is 5.94. The van der Waals surface area contributed by atoms with Crippen LogP contribution in [0.15, 0.2) is 36.4 Å². The average molecular weight is 355 g/mol. The first-order valence-electron chi connectivity index (χ1n) is 9.18. The van der Waals surface area contributed by atoms with E-state index in [-0.39, 0.29) is 23.7 Å². The fourth-order valence-corrected chi connectivity index (χ4v) is 4.48. The maximum absolute atomic E-state index is 13.3. The molecule has 1 amide bonds. The lowest BCUT2D eigenvalue weighted by atomic mass is 9.79. The molecule has 0 bridgehead atoms. The van der Waals surface area contributed by atoms with Gasteiger partial charge in [-0.05, 0) is 31.7 Å². The molecule has 4 rings (SSSR count). The molecule has 1 aliphatic carbocycles. The number of fused-ring (bicyclic) bond motifs is 1. The molecular weight excluding hydrogens is 330 g/mol. The summed E-state index contributed by atoms with van der Waals surface area (Å²) < 4.78 is 7.49. The van der Waals surface area contributed by atoms with Crippen LogP contribution in [0.5, 0.6) is 0 Å². The molecule has 6 heteroatoms. The van der Waals surface area contributed by atoms with E-state index in [2.05, 4.69) is 5.10 Å². The zero-order valence-electron chi connectivity index (χ0n) is 15.3. The van der Waals surface area contributed by atoms with Gasteiger partial charge in [0.1, 0.15) is 5.69 Å². The van der Waals surface area contributed by atoms with Crippen LogP contribution in [0.25, 0.3) is 11.3 Å². The summed E-state index contributed by atoms with van der Waals surface area (Å²) in [4.78, 5) is 15.1. The zero-order chi connectivity index (χ0) is 18.3. The normalized spacial score (nSPS) is 28.2. The van der Waals surface area contributed by atoms with Gasteiger partial charge in [-0.2, -0.15) is 5.10 Å². The van der Waals surface area contributed by atoms with Gasteiger partial charge >= 0.3 is 0 Å². The first kappa shape index (κ1) is 17.2. The Kier molecular flexibility index (Phi) is 4.32. The molecule has 26 heavy (non-hydrogen) atoms. The van der Waals surface area contributed by atoms with Gasteiger partial charge in [-0.25, -0.2) is 0 Å². The van der Waals surface area contributed by atoms with Gasteiger partial charge in [0.15, 0.2) is 0 Å². The Labute approximate surface area is 153 Å². The molecular formula is C20H25N3O3. The van der Waals surface area contributed by atoms with Crippen molar-refractivity contribution in [2.45, 2.75) is 43.4 Å². The Morgan fingerprint density at radius 3 is 2.81 bits per heavy atom. The van der Waals surface area contributed by atoms with E-state index in [1.807, 2.05) is 41.3 Å².